The van der Waals surface area contributed by atoms with E-state index in [2.05, 4.69) is 20.9 Å². The van der Waals surface area contributed by atoms with Gasteiger partial charge in [0, 0.05) is 55.7 Å². The molecule has 2 fully saturated rings. The van der Waals surface area contributed by atoms with Crippen LogP contribution < -0.4 is 14.5 Å². The second kappa shape index (κ2) is 8.74. The number of piperidine rings is 1. The monoisotopic (exact) mass is 451 g/mol. The van der Waals surface area contributed by atoms with E-state index in [9.17, 15) is 9.50 Å². The minimum Gasteiger partial charge on any atom is -0.496 e. The maximum absolute atomic E-state index is 15.0. The van der Waals surface area contributed by atoms with Gasteiger partial charge in [-0.25, -0.2) is 14.4 Å². The van der Waals surface area contributed by atoms with E-state index in [0.29, 0.717) is 31.1 Å². The maximum atomic E-state index is 15.0. The highest BCUT2D eigenvalue weighted by atomic mass is 19.1. The van der Waals surface area contributed by atoms with E-state index in [0.717, 1.165) is 59.7 Å². The number of ether oxygens (including phenoxy) is 1. The Kier molecular flexibility index (Phi) is 5.78. The molecule has 1 saturated carbocycles. The lowest BCUT2D eigenvalue weighted by Gasteiger charge is -2.34. The molecule has 1 aliphatic heterocycles. The molecule has 1 N–H and O–H groups in total. The van der Waals surface area contributed by atoms with Crippen LogP contribution in [0.4, 0.5) is 15.9 Å². The van der Waals surface area contributed by atoms with Crippen molar-refractivity contribution in [3.63, 3.8) is 0 Å². The van der Waals surface area contributed by atoms with Crippen LogP contribution in [-0.2, 0) is 5.67 Å². The molecule has 1 aliphatic carbocycles. The van der Waals surface area contributed by atoms with Gasteiger partial charge in [0.15, 0.2) is 11.5 Å². The third-order valence-corrected chi connectivity index (χ3v) is 6.89. The van der Waals surface area contributed by atoms with Crippen molar-refractivity contribution in [2.45, 2.75) is 37.3 Å². The van der Waals surface area contributed by atoms with Gasteiger partial charge in [0.1, 0.15) is 11.6 Å². The van der Waals surface area contributed by atoms with Crippen LogP contribution in [0, 0.1) is 0 Å². The predicted octanol–water partition coefficient (Wildman–Crippen LogP) is 3.80. The first kappa shape index (κ1) is 21.8. The van der Waals surface area contributed by atoms with Crippen LogP contribution in [-0.4, -0.2) is 60.5 Å². The van der Waals surface area contributed by atoms with Crippen LogP contribution in [0.5, 0.6) is 5.75 Å². The topological polar surface area (TPSA) is 74.6 Å². The molecular weight excluding hydrogens is 421 g/mol. The smallest absolute Gasteiger partial charge is 0.170 e. The molecule has 7 nitrogen and oxygen atoms in total. The Bertz CT molecular complexity index is 1140. The molecular formula is C25H30FN5O2. The third kappa shape index (κ3) is 4.19. The number of rotatable bonds is 7. The molecule has 2 aromatic heterocycles. The normalized spacial score (nSPS) is 17.9. The molecule has 3 aromatic rings. The van der Waals surface area contributed by atoms with Gasteiger partial charge >= 0.3 is 0 Å². The van der Waals surface area contributed by atoms with Crippen LogP contribution in [0.1, 0.15) is 43.0 Å². The van der Waals surface area contributed by atoms with E-state index >= 15 is 0 Å². The van der Waals surface area contributed by atoms with Gasteiger partial charge in [0.25, 0.3) is 0 Å². The lowest BCUT2D eigenvalue weighted by Crippen LogP contribution is -2.34. The number of methoxy groups -OCH3 is 1. The Morgan fingerprint density at radius 1 is 1.21 bits per heavy atom. The Hall–Kier alpha value is -3.00. The number of aliphatic hydroxyl groups is 1. The summed E-state index contributed by atoms with van der Waals surface area (Å²) in [5, 5.41) is 10.2. The summed E-state index contributed by atoms with van der Waals surface area (Å²) >= 11 is 0. The van der Waals surface area contributed by atoms with Gasteiger partial charge in [-0.3, -0.25) is 4.98 Å². The van der Waals surface area contributed by atoms with Crippen molar-refractivity contribution < 1.29 is 14.2 Å². The van der Waals surface area contributed by atoms with Gasteiger partial charge in [0.05, 0.1) is 19.2 Å². The lowest BCUT2D eigenvalue weighted by molar-refractivity contribution is 0.301. The fraction of sp³-hybridized carbons (Fsp3) is 0.480. The SMILES string of the molecule is COc1ccncc1C1CCN(c2nc(C3(F)CC3)nc3ccc(N(C)CCO)cc23)CC1. The molecule has 0 atom stereocenters. The van der Waals surface area contributed by atoms with Crippen molar-refractivity contribution in [3.8, 4) is 5.75 Å². The van der Waals surface area contributed by atoms with Gasteiger partial charge in [-0.05, 0) is 55.9 Å². The molecule has 0 amide bonds. The third-order valence-electron chi connectivity index (χ3n) is 6.89. The minimum absolute atomic E-state index is 0.0759. The highest BCUT2D eigenvalue weighted by Crippen LogP contribution is 2.49. The summed E-state index contributed by atoms with van der Waals surface area (Å²) in [5.74, 6) is 2.34. The van der Waals surface area contributed by atoms with Crippen LogP contribution in [0.2, 0.25) is 0 Å². The first-order valence-electron chi connectivity index (χ1n) is 11.6. The average Bonchev–Trinajstić information content (AvgIpc) is 3.61. The number of halogens is 1. The van der Waals surface area contributed by atoms with Crippen molar-refractivity contribution in [3.05, 3.63) is 48.0 Å². The van der Waals surface area contributed by atoms with Gasteiger partial charge < -0.3 is 19.6 Å². The van der Waals surface area contributed by atoms with E-state index in [-0.39, 0.29) is 6.61 Å². The fourth-order valence-corrected chi connectivity index (χ4v) is 4.68. The Balaban J connectivity index is 1.48. The maximum Gasteiger partial charge on any atom is 0.170 e. The summed E-state index contributed by atoms with van der Waals surface area (Å²) in [5.41, 5.74) is 1.49. The molecule has 33 heavy (non-hydrogen) atoms. The zero-order chi connectivity index (χ0) is 23.0. The number of hydrogen-bond donors (Lipinski definition) is 1. The number of fused-ring (bicyclic) bond motifs is 1. The molecule has 5 rings (SSSR count). The summed E-state index contributed by atoms with van der Waals surface area (Å²) in [6.07, 6.45) is 6.50. The largest absolute Gasteiger partial charge is 0.496 e. The number of aliphatic hydroxyl groups excluding tert-OH is 1. The summed E-state index contributed by atoms with van der Waals surface area (Å²) in [6.45, 7) is 2.23. The van der Waals surface area contributed by atoms with Gasteiger partial charge in [0.2, 0.25) is 0 Å². The van der Waals surface area contributed by atoms with Crippen molar-refractivity contribution in [1.29, 1.82) is 0 Å². The number of hydrogen-bond acceptors (Lipinski definition) is 7. The number of aromatic nitrogens is 3. The number of anilines is 2. The van der Waals surface area contributed by atoms with Crippen molar-refractivity contribution in [2.75, 3.05) is 50.2 Å². The quantitative estimate of drug-likeness (QED) is 0.586. The first-order chi connectivity index (χ1) is 16.0. The molecule has 0 bridgehead atoms. The van der Waals surface area contributed by atoms with Crippen LogP contribution in [0.25, 0.3) is 10.9 Å². The molecule has 0 radical (unpaired) electrons. The molecule has 1 aromatic carbocycles. The van der Waals surface area contributed by atoms with Crippen LogP contribution in [0.15, 0.2) is 36.7 Å². The first-order valence-corrected chi connectivity index (χ1v) is 11.6. The van der Waals surface area contributed by atoms with Crippen molar-refractivity contribution in [1.82, 2.24) is 15.0 Å². The molecule has 174 valence electrons. The average molecular weight is 452 g/mol. The van der Waals surface area contributed by atoms with E-state index in [1.807, 2.05) is 36.3 Å². The fourth-order valence-electron chi connectivity index (χ4n) is 4.68. The molecule has 2 aliphatic rings. The second-order valence-electron chi connectivity index (χ2n) is 9.06. The number of likely N-dealkylation sites (N-methyl/N-ethyl adjacent to an activating group) is 1. The Morgan fingerprint density at radius 2 is 2.00 bits per heavy atom. The van der Waals surface area contributed by atoms with Crippen LogP contribution >= 0.6 is 0 Å². The van der Waals surface area contributed by atoms with Crippen molar-refractivity contribution >= 4 is 22.4 Å². The van der Waals surface area contributed by atoms with E-state index in [4.69, 9.17) is 9.72 Å². The zero-order valence-corrected chi connectivity index (χ0v) is 19.2. The number of pyridine rings is 1. The second-order valence-corrected chi connectivity index (χ2v) is 9.06. The number of nitrogens with zero attached hydrogens (tertiary/aromatic N) is 5. The molecule has 3 heterocycles. The van der Waals surface area contributed by atoms with Crippen LogP contribution in [0.3, 0.4) is 0 Å². The highest BCUT2D eigenvalue weighted by molar-refractivity contribution is 5.92. The highest BCUT2D eigenvalue weighted by Gasteiger charge is 2.48. The van der Waals surface area contributed by atoms with E-state index in [1.54, 1.807) is 13.3 Å². The van der Waals surface area contributed by atoms with Crippen molar-refractivity contribution in [2.24, 2.45) is 0 Å². The summed E-state index contributed by atoms with van der Waals surface area (Å²) in [4.78, 5) is 17.9. The lowest BCUT2D eigenvalue weighted by atomic mass is 9.89. The zero-order valence-electron chi connectivity index (χ0n) is 19.2. The van der Waals surface area contributed by atoms with Gasteiger partial charge in [-0.2, -0.15) is 0 Å². The van der Waals surface area contributed by atoms with Gasteiger partial charge in [-0.15, -0.1) is 0 Å². The molecule has 0 spiro atoms. The summed E-state index contributed by atoms with van der Waals surface area (Å²) in [6, 6.07) is 7.87. The van der Waals surface area contributed by atoms with E-state index < -0.39 is 5.67 Å². The predicted molar refractivity (Wildman–Crippen MR) is 127 cm³/mol. The van der Waals surface area contributed by atoms with E-state index in [1.165, 1.54) is 0 Å². The number of alkyl halides is 1. The standard InChI is InChI=1S/C25H30FN5O2/c1-30(13-14-32)18-3-4-21-19(15-18)23(29-24(28-21)25(26)8-9-25)31-11-6-17(7-12-31)20-16-27-10-5-22(20)33-2/h3-5,10,15-17,32H,6-9,11-14H2,1-2H3. The summed E-state index contributed by atoms with van der Waals surface area (Å²) < 4.78 is 20.5. The molecule has 1 saturated heterocycles. The molecule has 0 unspecified atom stereocenters. The van der Waals surface area contributed by atoms with Gasteiger partial charge in [-0.1, -0.05) is 0 Å². The minimum atomic E-state index is -1.39. The Labute approximate surface area is 193 Å². The Morgan fingerprint density at radius 3 is 2.70 bits per heavy atom. The molecule has 8 heteroatoms. The summed E-state index contributed by atoms with van der Waals surface area (Å²) in [7, 11) is 3.64. The number of benzene rings is 1.